The Labute approximate surface area is 96.6 Å². The molecule has 0 radical (unpaired) electrons. The molecule has 0 saturated heterocycles. The molecule has 0 saturated carbocycles. The second-order valence-corrected chi connectivity index (χ2v) is 3.44. The fraction of sp³-hybridized carbons (Fsp3) is 0.250. The first kappa shape index (κ1) is 13.9. The van der Waals surface area contributed by atoms with Crippen LogP contribution in [-0.4, -0.2) is 6.43 Å². The maximum atomic E-state index is 12.2. The number of hydrogen-bond donors (Lipinski definition) is 1. The van der Waals surface area contributed by atoms with Crippen LogP contribution in [0.3, 0.4) is 0 Å². The van der Waals surface area contributed by atoms with Gasteiger partial charge < -0.3 is 5.73 Å². The SMILES string of the molecule is Cl.N[C@@H](c1cc(Cl)cc(Cl)c1)C(F)F. The highest BCUT2D eigenvalue weighted by Crippen LogP contribution is 2.25. The highest BCUT2D eigenvalue weighted by Gasteiger charge is 2.17. The van der Waals surface area contributed by atoms with Gasteiger partial charge in [0.2, 0.25) is 0 Å². The van der Waals surface area contributed by atoms with Crippen molar-refractivity contribution in [3.8, 4) is 0 Å². The fourth-order valence-electron chi connectivity index (χ4n) is 0.913. The van der Waals surface area contributed by atoms with Crippen LogP contribution < -0.4 is 5.73 Å². The van der Waals surface area contributed by atoms with Crippen LogP contribution in [0, 0.1) is 0 Å². The summed E-state index contributed by atoms with van der Waals surface area (Å²) in [7, 11) is 0. The van der Waals surface area contributed by atoms with Gasteiger partial charge >= 0.3 is 0 Å². The molecule has 1 aromatic rings. The first-order chi connectivity index (χ1) is 6.00. The quantitative estimate of drug-likeness (QED) is 0.864. The van der Waals surface area contributed by atoms with Crippen molar-refractivity contribution in [2.75, 3.05) is 0 Å². The molecule has 0 aliphatic heterocycles. The number of rotatable bonds is 2. The molecule has 0 unspecified atom stereocenters. The lowest BCUT2D eigenvalue weighted by molar-refractivity contribution is 0.116. The molecule has 0 spiro atoms. The van der Waals surface area contributed by atoms with Gasteiger partial charge in [0.15, 0.2) is 0 Å². The molecule has 1 rings (SSSR count). The van der Waals surface area contributed by atoms with E-state index in [1.165, 1.54) is 18.2 Å². The average Bonchev–Trinajstić information content (AvgIpc) is 2.01. The normalized spacial score (nSPS) is 12.4. The summed E-state index contributed by atoms with van der Waals surface area (Å²) in [6.45, 7) is 0. The van der Waals surface area contributed by atoms with Gasteiger partial charge in [-0.1, -0.05) is 23.2 Å². The lowest BCUT2D eigenvalue weighted by atomic mass is 10.1. The van der Waals surface area contributed by atoms with Gasteiger partial charge in [-0.3, -0.25) is 0 Å². The van der Waals surface area contributed by atoms with Crippen molar-refractivity contribution in [1.29, 1.82) is 0 Å². The summed E-state index contributed by atoms with van der Waals surface area (Å²) in [5, 5.41) is 0.609. The van der Waals surface area contributed by atoms with Gasteiger partial charge in [0.05, 0.1) is 6.04 Å². The standard InChI is InChI=1S/C8H7Cl2F2N.ClH/c9-5-1-4(2-6(10)3-5)7(13)8(11)12;/h1-3,7-8H,13H2;1H/t7-;/m0./s1. The Kier molecular flexibility index (Phi) is 5.67. The van der Waals surface area contributed by atoms with Crippen LogP contribution in [0.1, 0.15) is 11.6 Å². The van der Waals surface area contributed by atoms with Crippen LogP contribution in [0.4, 0.5) is 8.78 Å². The van der Waals surface area contributed by atoms with Crippen molar-refractivity contribution >= 4 is 35.6 Å². The van der Waals surface area contributed by atoms with E-state index in [4.69, 9.17) is 28.9 Å². The monoisotopic (exact) mass is 261 g/mol. The number of nitrogens with two attached hydrogens (primary N) is 1. The van der Waals surface area contributed by atoms with Gasteiger partial charge in [-0.05, 0) is 23.8 Å². The van der Waals surface area contributed by atoms with Gasteiger partial charge in [-0.15, -0.1) is 12.4 Å². The van der Waals surface area contributed by atoms with E-state index in [0.717, 1.165) is 0 Å². The number of alkyl halides is 2. The zero-order valence-corrected chi connectivity index (χ0v) is 9.21. The Morgan fingerprint density at radius 1 is 1.07 bits per heavy atom. The summed E-state index contributed by atoms with van der Waals surface area (Å²) in [6, 6.07) is 2.88. The minimum absolute atomic E-state index is 0. The third-order valence-electron chi connectivity index (χ3n) is 1.54. The fourth-order valence-corrected chi connectivity index (χ4v) is 1.46. The van der Waals surface area contributed by atoms with E-state index in [2.05, 4.69) is 0 Å². The number of hydrogen-bond acceptors (Lipinski definition) is 1. The lowest BCUT2D eigenvalue weighted by Gasteiger charge is -2.11. The van der Waals surface area contributed by atoms with Crippen LogP contribution >= 0.6 is 35.6 Å². The predicted octanol–water partition coefficient (Wildman–Crippen LogP) is 3.68. The summed E-state index contributed by atoms with van der Waals surface area (Å²) in [5.41, 5.74) is 5.45. The maximum Gasteiger partial charge on any atom is 0.257 e. The molecular formula is C8H8Cl3F2N. The third kappa shape index (κ3) is 3.58. The van der Waals surface area contributed by atoms with Gasteiger partial charge in [0.1, 0.15) is 0 Å². The Morgan fingerprint density at radius 2 is 1.50 bits per heavy atom. The van der Waals surface area contributed by atoms with Crippen LogP contribution in [0.15, 0.2) is 18.2 Å². The van der Waals surface area contributed by atoms with Crippen LogP contribution in [0.2, 0.25) is 10.0 Å². The Bertz CT molecular complexity index is 286. The first-order valence-corrected chi connectivity index (χ1v) is 4.26. The van der Waals surface area contributed by atoms with Crippen molar-refractivity contribution in [1.82, 2.24) is 0 Å². The predicted molar refractivity (Wildman–Crippen MR) is 56.6 cm³/mol. The average molecular weight is 263 g/mol. The number of halogens is 5. The minimum Gasteiger partial charge on any atom is -0.319 e. The van der Waals surface area contributed by atoms with Crippen molar-refractivity contribution in [2.24, 2.45) is 5.73 Å². The van der Waals surface area contributed by atoms with Crippen LogP contribution in [0.5, 0.6) is 0 Å². The summed E-state index contributed by atoms with van der Waals surface area (Å²) < 4.78 is 24.3. The summed E-state index contributed by atoms with van der Waals surface area (Å²) in [6.07, 6.45) is -2.62. The largest absolute Gasteiger partial charge is 0.319 e. The van der Waals surface area contributed by atoms with Crippen molar-refractivity contribution in [3.05, 3.63) is 33.8 Å². The van der Waals surface area contributed by atoms with Crippen LogP contribution in [0.25, 0.3) is 0 Å². The number of benzene rings is 1. The van der Waals surface area contributed by atoms with Crippen molar-refractivity contribution < 1.29 is 8.78 Å². The van der Waals surface area contributed by atoms with Gasteiger partial charge in [0.25, 0.3) is 6.43 Å². The molecule has 80 valence electrons. The molecule has 6 heteroatoms. The third-order valence-corrected chi connectivity index (χ3v) is 1.98. The Hall–Kier alpha value is -0.0900. The van der Waals surface area contributed by atoms with E-state index in [9.17, 15) is 8.78 Å². The molecule has 0 amide bonds. The van der Waals surface area contributed by atoms with E-state index < -0.39 is 12.5 Å². The summed E-state index contributed by atoms with van der Waals surface area (Å²) in [5.74, 6) is 0. The molecular weight excluding hydrogens is 254 g/mol. The van der Waals surface area contributed by atoms with Gasteiger partial charge in [-0.2, -0.15) is 0 Å². The topological polar surface area (TPSA) is 26.0 Å². The molecule has 1 atom stereocenters. The lowest BCUT2D eigenvalue weighted by Crippen LogP contribution is -2.18. The van der Waals surface area contributed by atoms with Gasteiger partial charge in [0, 0.05) is 10.0 Å². The van der Waals surface area contributed by atoms with E-state index in [1.54, 1.807) is 0 Å². The van der Waals surface area contributed by atoms with Gasteiger partial charge in [-0.25, -0.2) is 8.78 Å². The molecule has 1 nitrogen and oxygen atoms in total. The van der Waals surface area contributed by atoms with E-state index in [-0.39, 0.29) is 18.0 Å². The van der Waals surface area contributed by atoms with E-state index >= 15 is 0 Å². The van der Waals surface area contributed by atoms with Crippen molar-refractivity contribution in [2.45, 2.75) is 12.5 Å². The second-order valence-electron chi connectivity index (χ2n) is 2.56. The molecule has 1 aromatic carbocycles. The maximum absolute atomic E-state index is 12.2. The van der Waals surface area contributed by atoms with Crippen molar-refractivity contribution in [3.63, 3.8) is 0 Å². The molecule has 0 heterocycles. The summed E-state index contributed by atoms with van der Waals surface area (Å²) >= 11 is 11.2. The highest BCUT2D eigenvalue weighted by atomic mass is 35.5. The highest BCUT2D eigenvalue weighted by molar-refractivity contribution is 6.34. The first-order valence-electron chi connectivity index (χ1n) is 3.50. The van der Waals surface area contributed by atoms with Crippen LogP contribution in [-0.2, 0) is 0 Å². The molecule has 2 N–H and O–H groups in total. The molecule has 0 bridgehead atoms. The zero-order valence-electron chi connectivity index (χ0n) is 6.88. The molecule has 0 aliphatic carbocycles. The molecule has 0 aliphatic rings. The van der Waals surface area contributed by atoms with E-state index in [0.29, 0.717) is 10.0 Å². The molecule has 0 aromatic heterocycles. The molecule has 14 heavy (non-hydrogen) atoms. The molecule has 0 fully saturated rings. The second kappa shape index (κ2) is 5.71. The smallest absolute Gasteiger partial charge is 0.257 e. The Morgan fingerprint density at radius 3 is 1.86 bits per heavy atom. The Balaban J connectivity index is 0.00000169. The van der Waals surface area contributed by atoms with E-state index in [1.807, 2.05) is 0 Å². The summed E-state index contributed by atoms with van der Waals surface area (Å²) in [4.78, 5) is 0. The minimum atomic E-state index is -2.62. The zero-order chi connectivity index (χ0) is 10.0.